The van der Waals surface area contributed by atoms with Gasteiger partial charge in [0.1, 0.15) is 6.10 Å². The second-order valence-electron chi connectivity index (χ2n) is 9.28. The summed E-state index contributed by atoms with van der Waals surface area (Å²) in [6.07, 6.45) is 10.5. The number of ether oxygens (including phenoxy) is 1. The van der Waals surface area contributed by atoms with E-state index in [1.807, 2.05) is 6.08 Å². The normalized spacial score (nSPS) is 46.8. The molecule has 4 aliphatic carbocycles. The molecule has 0 unspecified atom stereocenters. The van der Waals surface area contributed by atoms with Crippen LogP contribution in [0.2, 0.25) is 0 Å². The van der Waals surface area contributed by atoms with E-state index in [1.165, 1.54) is 12.5 Å². The second-order valence-corrected chi connectivity index (χ2v) is 9.28. The number of carbonyl (C=O) groups excluding carboxylic acids is 2. The summed E-state index contributed by atoms with van der Waals surface area (Å²) in [5, 5.41) is 10.4. The van der Waals surface area contributed by atoms with Crippen LogP contribution < -0.4 is 0 Å². The molecule has 0 heterocycles. The van der Waals surface area contributed by atoms with Crippen LogP contribution in [0, 0.1) is 34.5 Å². The van der Waals surface area contributed by atoms with Crippen molar-refractivity contribution in [2.24, 2.45) is 34.5 Å². The summed E-state index contributed by atoms with van der Waals surface area (Å²) in [5.74, 6) is 1.55. The van der Waals surface area contributed by atoms with E-state index in [0.717, 1.165) is 32.1 Å². The number of allylic oxidation sites excluding steroid dienone is 4. The molecule has 0 aromatic carbocycles. The Balaban J connectivity index is 1.69. The number of hydrogen-bond acceptors (Lipinski definition) is 4. The van der Waals surface area contributed by atoms with Gasteiger partial charge in [-0.1, -0.05) is 25.5 Å². The van der Waals surface area contributed by atoms with E-state index in [4.69, 9.17) is 4.74 Å². The molecule has 4 rings (SSSR count). The molecule has 0 amide bonds. The number of carbonyl (C=O) groups is 2. The Labute approximate surface area is 155 Å². The topological polar surface area (TPSA) is 63.6 Å². The van der Waals surface area contributed by atoms with Gasteiger partial charge >= 0.3 is 5.97 Å². The van der Waals surface area contributed by atoms with Crippen molar-refractivity contribution in [3.05, 3.63) is 23.8 Å². The number of hydrogen-bond donors (Lipinski definition) is 1. The summed E-state index contributed by atoms with van der Waals surface area (Å²) in [5.41, 5.74) is 0.949. The predicted molar refractivity (Wildman–Crippen MR) is 98.1 cm³/mol. The van der Waals surface area contributed by atoms with Gasteiger partial charge in [0.05, 0.1) is 6.61 Å². The molecule has 0 bridgehead atoms. The van der Waals surface area contributed by atoms with E-state index in [2.05, 4.69) is 19.9 Å². The Bertz CT molecular complexity index is 692. The molecule has 7 atom stereocenters. The number of esters is 1. The first kappa shape index (κ1) is 18.0. The van der Waals surface area contributed by atoms with Gasteiger partial charge in [-0.15, -0.1) is 0 Å². The number of rotatable bonds is 2. The number of fused-ring (bicyclic) bond motifs is 5. The van der Waals surface area contributed by atoms with Crippen LogP contribution in [0.15, 0.2) is 23.8 Å². The molecular formula is C22H30O4. The van der Waals surface area contributed by atoms with Crippen LogP contribution >= 0.6 is 0 Å². The van der Waals surface area contributed by atoms with Crippen molar-refractivity contribution in [3.8, 4) is 0 Å². The standard InChI is InChI=1S/C22H30O4/c1-13-10-19-17-5-4-15-11-16(25)6-8-21(15,3)18(17)7-9-22(19,12-23)20(13)26-14(2)24/h6,8,11,13,17-20,23H,4-5,7,9-10,12H2,1-3H3/t13-,17-,18+,19+,20-,21+,22-/m1/s1. The molecule has 0 spiro atoms. The monoisotopic (exact) mass is 358 g/mol. The van der Waals surface area contributed by atoms with Crippen molar-refractivity contribution in [1.29, 1.82) is 0 Å². The van der Waals surface area contributed by atoms with Crippen LogP contribution in [0.25, 0.3) is 0 Å². The summed E-state index contributed by atoms with van der Waals surface area (Å²) in [6.45, 7) is 6.01. The third kappa shape index (κ3) is 2.37. The average molecular weight is 358 g/mol. The maximum atomic E-state index is 11.8. The maximum absolute atomic E-state index is 11.8. The van der Waals surface area contributed by atoms with Crippen molar-refractivity contribution >= 4 is 11.8 Å². The molecule has 26 heavy (non-hydrogen) atoms. The summed E-state index contributed by atoms with van der Waals surface area (Å²) in [7, 11) is 0. The van der Waals surface area contributed by atoms with Crippen molar-refractivity contribution in [1.82, 2.24) is 0 Å². The van der Waals surface area contributed by atoms with Crippen LogP contribution in [0.3, 0.4) is 0 Å². The molecule has 3 saturated carbocycles. The van der Waals surface area contributed by atoms with E-state index in [9.17, 15) is 14.7 Å². The first-order chi connectivity index (χ1) is 12.3. The molecule has 0 aromatic rings. The minimum atomic E-state index is -0.294. The maximum Gasteiger partial charge on any atom is 0.302 e. The quantitative estimate of drug-likeness (QED) is 0.768. The molecule has 4 aliphatic rings. The van der Waals surface area contributed by atoms with E-state index in [1.54, 1.807) is 6.08 Å². The summed E-state index contributed by atoms with van der Waals surface area (Å²) < 4.78 is 5.74. The minimum Gasteiger partial charge on any atom is -0.462 e. The zero-order chi connectivity index (χ0) is 18.7. The van der Waals surface area contributed by atoms with Gasteiger partial charge in [-0.05, 0) is 67.9 Å². The van der Waals surface area contributed by atoms with Crippen molar-refractivity contribution in [3.63, 3.8) is 0 Å². The van der Waals surface area contributed by atoms with Crippen molar-refractivity contribution < 1.29 is 19.4 Å². The van der Waals surface area contributed by atoms with E-state index >= 15 is 0 Å². The molecule has 0 saturated heterocycles. The molecule has 3 fully saturated rings. The fourth-order valence-corrected chi connectivity index (χ4v) is 6.99. The zero-order valence-corrected chi connectivity index (χ0v) is 16.0. The largest absolute Gasteiger partial charge is 0.462 e. The highest BCUT2D eigenvalue weighted by Gasteiger charge is 2.63. The van der Waals surface area contributed by atoms with Gasteiger partial charge in [0, 0.05) is 17.8 Å². The Kier molecular flexibility index (Phi) is 4.18. The van der Waals surface area contributed by atoms with Gasteiger partial charge in [0.25, 0.3) is 0 Å². The molecule has 0 radical (unpaired) electrons. The van der Waals surface area contributed by atoms with E-state index < -0.39 is 0 Å². The number of ketones is 1. The highest BCUT2D eigenvalue weighted by atomic mass is 16.5. The van der Waals surface area contributed by atoms with Gasteiger partial charge in [-0.25, -0.2) is 0 Å². The van der Waals surface area contributed by atoms with Crippen LogP contribution in [0.1, 0.15) is 52.9 Å². The molecule has 142 valence electrons. The summed E-state index contributed by atoms with van der Waals surface area (Å²) in [4.78, 5) is 23.5. The highest BCUT2D eigenvalue weighted by Crippen LogP contribution is 2.65. The molecule has 1 N–H and O–H groups in total. The van der Waals surface area contributed by atoms with E-state index in [-0.39, 0.29) is 41.2 Å². The number of aliphatic hydroxyl groups is 1. The Hall–Kier alpha value is -1.42. The fraction of sp³-hybridized carbons (Fsp3) is 0.727. The third-order valence-electron chi connectivity index (χ3n) is 8.11. The van der Waals surface area contributed by atoms with Gasteiger partial charge in [0.15, 0.2) is 5.78 Å². The van der Waals surface area contributed by atoms with Crippen molar-refractivity contribution in [2.45, 2.75) is 59.0 Å². The Morgan fingerprint density at radius 2 is 2.12 bits per heavy atom. The second kappa shape index (κ2) is 6.05. The lowest BCUT2D eigenvalue weighted by Gasteiger charge is -2.57. The van der Waals surface area contributed by atoms with Crippen LogP contribution in [0.5, 0.6) is 0 Å². The van der Waals surface area contributed by atoms with Crippen LogP contribution in [-0.2, 0) is 14.3 Å². The lowest BCUT2D eigenvalue weighted by molar-refractivity contribution is -0.165. The summed E-state index contributed by atoms with van der Waals surface area (Å²) in [6, 6.07) is 0. The predicted octanol–water partition coefficient (Wildman–Crippen LogP) is 3.44. The fourth-order valence-electron chi connectivity index (χ4n) is 6.99. The van der Waals surface area contributed by atoms with Crippen LogP contribution in [-0.4, -0.2) is 29.6 Å². The third-order valence-corrected chi connectivity index (χ3v) is 8.11. The molecule has 0 aromatic heterocycles. The SMILES string of the molecule is CC(=O)O[C@@H]1[C@H](C)C[C@H]2[C@@H]3CCC4=CC(=O)C=C[C@]4(C)[C@H]3CC[C@]12CO. The van der Waals surface area contributed by atoms with Gasteiger partial charge in [-0.3, -0.25) is 9.59 Å². The minimum absolute atomic E-state index is 0.0405. The lowest BCUT2D eigenvalue weighted by atomic mass is 9.48. The summed E-state index contributed by atoms with van der Waals surface area (Å²) >= 11 is 0. The van der Waals surface area contributed by atoms with Crippen LogP contribution in [0.4, 0.5) is 0 Å². The van der Waals surface area contributed by atoms with E-state index in [0.29, 0.717) is 17.8 Å². The van der Waals surface area contributed by atoms with Crippen molar-refractivity contribution in [2.75, 3.05) is 6.61 Å². The molecule has 4 heteroatoms. The number of aliphatic hydroxyl groups excluding tert-OH is 1. The Morgan fingerprint density at radius 1 is 1.35 bits per heavy atom. The molecular weight excluding hydrogens is 328 g/mol. The molecule has 0 aliphatic heterocycles. The zero-order valence-electron chi connectivity index (χ0n) is 16.0. The molecule has 4 nitrogen and oxygen atoms in total. The average Bonchev–Trinajstić information content (AvgIpc) is 2.88. The lowest BCUT2D eigenvalue weighted by Crippen LogP contribution is -2.53. The Morgan fingerprint density at radius 3 is 2.81 bits per heavy atom. The first-order valence-corrected chi connectivity index (χ1v) is 10.0. The van der Waals surface area contributed by atoms with Gasteiger partial charge in [-0.2, -0.15) is 0 Å². The van der Waals surface area contributed by atoms with Gasteiger partial charge in [0.2, 0.25) is 0 Å². The first-order valence-electron chi connectivity index (χ1n) is 10.0. The smallest absolute Gasteiger partial charge is 0.302 e. The highest BCUT2D eigenvalue weighted by molar-refractivity contribution is 6.01. The van der Waals surface area contributed by atoms with Gasteiger partial charge < -0.3 is 9.84 Å².